The van der Waals surface area contributed by atoms with E-state index < -0.39 is 6.17 Å². The molecule has 2 aromatic rings. The van der Waals surface area contributed by atoms with E-state index in [-0.39, 0.29) is 6.03 Å². The number of nitrogens with one attached hydrogen (secondary N) is 2. The average Bonchev–Trinajstić information content (AvgIpc) is 2.77. The normalized spacial score (nSPS) is 19.8. The van der Waals surface area contributed by atoms with Gasteiger partial charge >= 0.3 is 6.03 Å². The summed E-state index contributed by atoms with van der Waals surface area (Å²) in [7, 11) is 0. The van der Waals surface area contributed by atoms with E-state index in [2.05, 4.69) is 34.9 Å². The third kappa shape index (κ3) is 1.52. The maximum absolute atomic E-state index is 11.5. The van der Waals surface area contributed by atoms with E-state index >= 15 is 0 Å². The molecule has 4 nitrogen and oxygen atoms in total. The number of anilines is 1. The molecule has 2 amide bonds. The molecule has 2 heterocycles. The molecule has 0 radical (unpaired) electrons. The minimum atomic E-state index is -0.394. The molecular formula is C14H13N3OS. The van der Waals surface area contributed by atoms with E-state index in [0.29, 0.717) is 0 Å². The topological polar surface area (TPSA) is 67.1 Å². The molecule has 4 rings (SSSR count). The number of fused-ring (bicyclic) bond motifs is 5. The molecule has 0 fully saturated rings. The van der Waals surface area contributed by atoms with Gasteiger partial charge in [-0.2, -0.15) is 0 Å². The maximum atomic E-state index is 11.5. The van der Waals surface area contributed by atoms with Crippen molar-refractivity contribution >= 4 is 22.4 Å². The van der Waals surface area contributed by atoms with Crippen LogP contribution in [0.1, 0.15) is 22.9 Å². The average molecular weight is 271 g/mol. The number of carbonyl (C=O) groups is 1. The highest BCUT2D eigenvalue weighted by atomic mass is 32.1. The van der Waals surface area contributed by atoms with Crippen LogP contribution in [0.2, 0.25) is 0 Å². The molecule has 0 saturated heterocycles. The predicted octanol–water partition coefficient (Wildman–Crippen LogP) is 2.61. The zero-order valence-electron chi connectivity index (χ0n) is 10.2. The molecule has 0 saturated carbocycles. The Morgan fingerprint density at radius 3 is 3.00 bits per heavy atom. The van der Waals surface area contributed by atoms with Crippen LogP contribution >= 0.6 is 11.3 Å². The first kappa shape index (κ1) is 11.0. The van der Waals surface area contributed by atoms with Crippen molar-refractivity contribution in [1.29, 1.82) is 0 Å². The van der Waals surface area contributed by atoms with Gasteiger partial charge in [0, 0.05) is 10.4 Å². The summed E-state index contributed by atoms with van der Waals surface area (Å²) in [6.45, 7) is 0. The third-order valence-corrected chi connectivity index (χ3v) is 4.98. The minimum absolute atomic E-state index is 0.216. The molecule has 1 aromatic heterocycles. The van der Waals surface area contributed by atoms with Crippen molar-refractivity contribution in [3.05, 3.63) is 41.0 Å². The van der Waals surface area contributed by atoms with Crippen molar-refractivity contribution < 1.29 is 4.79 Å². The van der Waals surface area contributed by atoms with Crippen LogP contribution in [0.15, 0.2) is 24.3 Å². The number of rotatable bonds is 0. The number of nitrogens with two attached hydrogens (primary N) is 1. The number of amides is 2. The van der Waals surface area contributed by atoms with Crippen molar-refractivity contribution in [2.24, 2.45) is 5.73 Å². The largest absolute Gasteiger partial charge is 0.321 e. The monoisotopic (exact) mass is 271 g/mol. The molecule has 96 valence electrons. The lowest BCUT2D eigenvalue weighted by molar-refractivity contribution is 0.247. The van der Waals surface area contributed by atoms with E-state index in [0.717, 1.165) is 23.4 Å². The van der Waals surface area contributed by atoms with Crippen LogP contribution < -0.4 is 16.4 Å². The second-order valence-electron chi connectivity index (χ2n) is 4.89. The summed E-state index contributed by atoms with van der Waals surface area (Å²) in [6.07, 6.45) is 1.63. The van der Waals surface area contributed by atoms with Gasteiger partial charge in [-0.1, -0.05) is 24.3 Å². The highest BCUT2D eigenvalue weighted by Crippen LogP contribution is 2.47. The first-order valence-electron chi connectivity index (χ1n) is 6.31. The molecule has 0 spiro atoms. The van der Waals surface area contributed by atoms with Crippen molar-refractivity contribution in [2.75, 3.05) is 5.32 Å². The zero-order chi connectivity index (χ0) is 13.0. The van der Waals surface area contributed by atoms with E-state index in [1.807, 2.05) is 0 Å². The number of benzene rings is 1. The molecule has 2 aliphatic rings. The van der Waals surface area contributed by atoms with Gasteiger partial charge in [0.15, 0.2) is 0 Å². The van der Waals surface area contributed by atoms with Gasteiger partial charge in [-0.15, -0.1) is 11.3 Å². The van der Waals surface area contributed by atoms with Gasteiger partial charge in [0.25, 0.3) is 0 Å². The molecular weight excluding hydrogens is 258 g/mol. The highest BCUT2D eigenvalue weighted by Gasteiger charge is 2.31. The summed E-state index contributed by atoms with van der Waals surface area (Å²) in [5, 5.41) is 6.50. The first-order chi connectivity index (χ1) is 9.24. The number of carbonyl (C=O) groups excluding carboxylic acids is 1. The summed E-state index contributed by atoms with van der Waals surface area (Å²) < 4.78 is 0. The van der Waals surface area contributed by atoms with Crippen LogP contribution in [0, 0.1) is 0 Å². The van der Waals surface area contributed by atoms with Crippen LogP contribution in [0.4, 0.5) is 9.80 Å². The minimum Gasteiger partial charge on any atom is -0.318 e. The fourth-order valence-electron chi connectivity index (χ4n) is 2.94. The number of thiophene rings is 1. The first-order valence-corrected chi connectivity index (χ1v) is 7.12. The molecule has 1 aromatic carbocycles. The van der Waals surface area contributed by atoms with Gasteiger partial charge < -0.3 is 11.1 Å². The summed E-state index contributed by atoms with van der Waals surface area (Å²) in [5.74, 6) is 0. The Kier molecular flexibility index (Phi) is 2.22. The molecule has 19 heavy (non-hydrogen) atoms. The molecule has 5 heteroatoms. The molecule has 4 N–H and O–H groups in total. The smallest absolute Gasteiger partial charge is 0.318 e. The second kappa shape index (κ2) is 3.82. The van der Waals surface area contributed by atoms with Gasteiger partial charge in [0.2, 0.25) is 0 Å². The molecule has 1 unspecified atom stereocenters. The fraction of sp³-hybridized carbons (Fsp3) is 0.214. The number of hydrogen-bond donors (Lipinski definition) is 3. The molecule has 1 aliphatic heterocycles. The fourth-order valence-corrected chi connectivity index (χ4v) is 4.29. The van der Waals surface area contributed by atoms with Gasteiger partial charge in [-0.25, -0.2) is 4.79 Å². The van der Waals surface area contributed by atoms with Crippen molar-refractivity contribution in [3.63, 3.8) is 0 Å². The van der Waals surface area contributed by atoms with Gasteiger partial charge in [-0.3, -0.25) is 5.32 Å². The molecule has 1 atom stereocenters. The lowest BCUT2D eigenvalue weighted by Gasteiger charge is -2.23. The van der Waals surface area contributed by atoms with Gasteiger partial charge in [0.05, 0.1) is 0 Å². The summed E-state index contributed by atoms with van der Waals surface area (Å²) in [4.78, 5) is 12.8. The Hall–Kier alpha value is -1.85. The lowest BCUT2D eigenvalue weighted by Crippen LogP contribution is -2.41. The SMILES string of the molecule is NC1NC(=O)Nc2sc3c(c21)CCc1ccccc1-3. The zero-order valence-corrected chi connectivity index (χ0v) is 11.0. The quantitative estimate of drug-likeness (QED) is 0.689. The third-order valence-electron chi connectivity index (χ3n) is 3.78. The maximum Gasteiger partial charge on any atom is 0.321 e. The van der Waals surface area contributed by atoms with E-state index in [4.69, 9.17) is 5.73 Å². The molecule has 1 aliphatic carbocycles. The Balaban J connectivity index is 1.95. The van der Waals surface area contributed by atoms with Gasteiger partial charge in [0.1, 0.15) is 11.2 Å². The predicted molar refractivity (Wildman–Crippen MR) is 76.2 cm³/mol. The Bertz CT molecular complexity index is 692. The molecule has 0 bridgehead atoms. The second-order valence-corrected chi connectivity index (χ2v) is 5.91. The number of urea groups is 1. The summed E-state index contributed by atoms with van der Waals surface area (Å²) in [6, 6.07) is 8.24. The summed E-state index contributed by atoms with van der Waals surface area (Å²) >= 11 is 1.64. The standard InChI is InChI=1S/C14H13N3OS/c15-12-10-9-6-5-7-3-1-2-4-8(7)11(9)19-13(10)17-14(18)16-12/h1-4,12H,5-6,15H2,(H2,16,17,18). The van der Waals surface area contributed by atoms with Gasteiger partial charge in [-0.05, 0) is 29.5 Å². The van der Waals surface area contributed by atoms with Crippen molar-refractivity contribution in [1.82, 2.24) is 5.32 Å². The van der Waals surface area contributed by atoms with E-state index in [1.165, 1.54) is 21.6 Å². The van der Waals surface area contributed by atoms with E-state index in [9.17, 15) is 4.79 Å². The van der Waals surface area contributed by atoms with Crippen LogP contribution in [0.3, 0.4) is 0 Å². The lowest BCUT2D eigenvalue weighted by atomic mass is 9.88. The Morgan fingerprint density at radius 2 is 2.11 bits per heavy atom. The summed E-state index contributed by atoms with van der Waals surface area (Å²) in [5.41, 5.74) is 11.1. The Morgan fingerprint density at radius 1 is 1.26 bits per heavy atom. The van der Waals surface area contributed by atoms with Crippen molar-refractivity contribution in [2.45, 2.75) is 19.0 Å². The Labute approximate surface area is 114 Å². The number of hydrogen-bond acceptors (Lipinski definition) is 3. The number of aryl methyl sites for hydroxylation is 1. The van der Waals surface area contributed by atoms with Crippen LogP contribution in [-0.4, -0.2) is 6.03 Å². The van der Waals surface area contributed by atoms with Crippen molar-refractivity contribution in [3.8, 4) is 10.4 Å². The van der Waals surface area contributed by atoms with Crippen LogP contribution in [-0.2, 0) is 12.8 Å². The van der Waals surface area contributed by atoms with Crippen LogP contribution in [0.25, 0.3) is 10.4 Å². The van der Waals surface area contributed by atoms with E-state index in [1.54, 1.807) is 11.3 Å². The van der Waals surface area contributed by atoms with Crippen LogP contribution in [0.5, 0.6) is 0 Å². The highest BCUT2D eigenvalue weighted by molar-refractivity contribution is 7.20.